The molecule has 0 aliphatic heterocycles. The molecule has 8 heteroatoms. The molecule has 2 rings (SSSR count). The fourth-order valence-electron chi connectivity index (χ4n) is 1.21. The minimum atomic E-state index is -0.327. The van der Waals surface area contributed by atoms with Crippen LogP contribution < -0.4 is 5.32 Å². The van der Waals surface area contributed by atoms with Crippen molar-refractivity contribution in [2.24, 2.45) is 0 Å². The molecule has 0 aliphatic carbocycles. The van der Waals surface area contributed by atoms with Crippen molar-refractivity contribution in [1.29, 1.82) is 0 Å². The monoisotopic (exact) mass is 252 g/mol. The van der Waals surface area contributed by atoms with Gasteiger partial charge in [-0.15, -0.1) is 10.2 Å². The summed E-state index contributed by atoms with van der Waals surface area (Å²) in [6.45, 7) is 1.98. The van der Waals surface area contributed by atoms with Crippen LogP contribution in [0, 0.1) is 6.92 Å². The molecule has 0 saturated carbocycles. The van der Waals surface area contributed by atoms with Crippen molar-refractivity contribution < 1.29 is 4.79 Å². The van der Waals surface area contributed by atoms with Crippen molar-refractivity contribution in [2.45, 2.75) is 13.5 Å². The van der Waals surface area contributed by atoms with Gasteiger partial charge in [-0.2, -0.15) is 5.21 Å². The molecule has 0 fully saturated rings. The number of aromatic nitrogens is 5. The molecule has 2 aromatic heterocycles. The first-order valence-electron chi connectivity index (χ1n) is 4.79. The van der Waals surface area contributed by atoms with Crippen molar-refractivity contribution in [2.75, 3.05) is 0 Å². The summed E-state index contributed by atoms with van der Waals surface area (Å²) in [6, 6.07) is 1.63. The number of carbonyl (C=O) groups excluding carboxylic acids is 1. The number of nitrogens with one attached hydrogen (secondary N) is 2. The van der Waals surface area contributed by atoms with E-state index in [0.717, 1.165) is 5.69 Å². The topological polar surface area (TPSA) is 96.5 Å². The zero-order valence-corrected chi connectivity index (χ0v) is 9.69. The Hall–Kier alpha value is -2.02. The molecule has 0 bridgehead atoms. The molecular weight excluding hydrogens is 244 g/mol. The number of nitrogens with zero attached hydrogens (tertiary/aromatic N) is 4. The van der Waals surface area contributed by atoms with Crippen LogP contribution in [0.25, 0.3) is 0 Å². The summed E-state index contributed by atoms with van der Waals surface area (Å²) in [4.78, 5) is 15.8. The predicted octanol–water partition coefficient (Wildman–Crippen LogP) is 0.487. The lowest BCUT2D eigenvalue weighted by Crippen LogP contribution is -2.24. The van der Waals surface area contributed by atoms with Crippen molar-refractivity contribution in [3.63, 3.8) is 0 Å². The SMILES string of the molecule is Cc1cc(Cl)c(C(=O)NCc2nn[nH]n2)cn1. The van der Waals surface area contributed by atoms with Crippen LogP contribution in [0.3, 0.4) is 0 Å². The average molecular weight is 253 g/mol. The summed E-state index contributed by atoms with van der Waals surface area (Å²) in [5, 5.41) is 16.1. The maximum absolute atomic E-state index is 11.8. The smallest absolute Gasteiger partial charge is 0.254 e. The van der Waals surface area contributed by atoms with Gasteiger partial charge in [-0.25, -0.2) is 0 Å². The van der Waals surface area contributed by atoms with E-state index in [4.69, 9.17) is 11.6 Å². The first kappa shape index (κ1) is 11.5. The summed E-state index contributed by atoms with van der Waals surface area (Å²) in [5.41, 5.74) is 1.07. The number of rotatable bonds is 3. The van der Waals surface area contributed by atoms with E-state index in [-0.39, 0.29) is 12.5 Å². The third-order valence-corrected chi connectivity index (χ3v) is 2.34. The molecule has 0 aliphatic rings. The van der Waals surface area contributed by atoms with E-state index < -0.39 is 0 Å². The van der Waals surface area contributed by atoms with Crippen LogP contribution in [0.2, 0.25) is 5.02 Å². The van der Waals surface area contributed by atoms with Crippen LogP contribution >= 0.6 is 11.6 Å². The number of hydrogen-bond donors (Lipinski definition) is 2. The van der Waals surface area contributed by atoms with Crippen LogP contribution in [-0.4, -0.2) is 31.5 Å². The lowest BCUT2D eigenvalue weighted by molar-refractivity contribution is 0.0949. The summed E-state index contributed by atoms with van der Waals surface area (Å²) >= 11 is 5.93. The predicted molar refractivity (Wildman–Crippen MR) is 59.3 cm³/mol. The molecule has 0 saturated heterocycles. The first-order valence-corrected chi connectivity index (χ1v) is 5.17. The van der Waals surface area contributed by atoms with Crippen LogP contribution in [0.15, 0.2) is 12.3 Å². The van der Waals surface area contributed by atoms with E-state index in [9.17, 15) is 4.79 Å². The number of aromatic amines is 1. The zero-order valence-electron chi connectivity index (χ0n) is 8.94. The molecule has 2 N–H and O–H groups in total. The van der Waals surface area contributed by atoms with E-state index in [1.165, 1.54) is 6.20 Å². The van der Waals surface area contributed by atoms with Gasteiger partial charge in [-0.1, -0.05) is 16.8 Å². The van der Waals surface area contributed by atoms with Gasteiger partial charge in [0.1, 0.15) is 0 Å². The Kier molecular flexibility index (Phi) is 3.29. The van der Waals surface area contributed by atoms with Gasteiger partial charge in [0.05, 0.1) is 17.1 Å². The third kappa shape index (κ3) is 2.76. The highest BCUT2D eigenvalue weighted by molar-refractivity contribution is 6.33. The fraction of sp³-hybridized carbons (Fsp3) is 0.222. The minimum absolute atomic E-state index is 0.180. The number of aryl methyl sites for hydroxylation is 1. The normalized spacial score (nSPS) is 10.2. The van der Waals surface area contributed by atoms with Gasteiger partial charge < -0.3 is 5.32 Å². The summed E-state index contributed by atoms with van der Waals surface area (Å²) in [5.74, 6) is 0.0712. The molecule has 1 amide bonds. The van der Waals surface area contributed by atoms with Gasteiger partial charge >= 0.3 is 0 Å². The Morgan fingerprint density at radius 1 is 1.59 bits per heavy atom. The maximum Gasteiger partial charge on any atom is 0.254 e. The second kappa shape index (κ2) is 4.88. The summed E-state index contributed by atoms with van der Waals surface area (Å²) in [6.07, 6.45) is 1.43. The van der Waals surface area contributed by atoms with E-state index in [0.29, 0.717) is 16.4 Å². The molecule has 2 aromatic rings. The molecule has 88 valence electrons. The first-order chi connectivity index (χ1) is 8.16. The Morgan fingerprint density at radius 3 is 3.06 bits per heavy atom. The molecule has 0 aromatic carbocycles. The van der Waals surface area contributed by atoms with Crippen molar-refractivity contribution in [3.05, 3.63) is 34.4 Å². The maximum atomic E-state index is 11.8. The van der Waals surface area contributed by atoms with Crippen molar-refractivity contribution in [3.8, 4) is 0 Å². The highest BCUT2D eigenvalue weighted by atomic mass is 35.5. The van der Waals surface area contributed by atoms with E-state index in [1.54, 1.807) is 13.0 Å². The average Bonchev–Trinajstić information content (AvgIpc) is 2.78. The Morgan fingerprint density at radius 2 is 2.41 bits per heavy atom. The molecule has 0 spiro atoms. The van der Waals surface area contributed by atoms with Crippen molar-refractivity contribution >= 4 is 17.5 Å². The second-order valence-corrected chi connectivity index (χ2v) is 3.72. The highest BCUT2D eigenvalue weighted by Gasteiger charge is 2.11. The largest absolute Gasteiger partial charge is 0.344 e. The standard InChI is InChI=1S/C9H9ClN6O/c1-5-2-7(10)6(3-11-5)9(17)12-4-8-13-15-16-14-8/h2-3H,4H2,1H3,(H,12,17)(H,13,14,15,16). The quantitative estimate of drug-likeness (QED) is 0.829. The Bertz CT molecular complexity index is 526. The van der Waals surface area contributed by atoms with Crippen molar-refractivity contribution in [1.82, 2.24) is 30.9 Å². The molecule has 7 nitrogen and oxygen atoms in total. The molecule has 2 heterocycles. The van der Waals surface area contributed by atoms with Gasteiger partial charge in [0, 0.05) is 11.9 Å². The van der Waals surface area contributed by atoms with E-state index >= 15 is 0 Å². The van der Waals surface area contributed by atoms with Gasteiger partial charge in [0.15, 0.2) is 5.82 Å². The number of hydrogen-bond acceptors (Lipinski definition) is 5. The fourth-order valence-corrected chi connectivity index (χ4v) is 1.50. The number of carbonyl (C=O) groups is 1. The van der Waals surface area contributed by atoms with Gasteiger partial charge in [-0.05, 0) is 13.0 Å². The zero-order chi connectivity index (χ0) is 12.3. The number of H-pyrrole nitrogens is 1. The lowest BCUT2D eigenvalue weighted by atomic mass is 10.2. The van der Waals surface area contributed by atoms with Gasteiger partial charge in [0.2, 0.25) is 0 Å². The Labute approximate surface area is 102 Å². The number of halogens is 1. The lowest BCUT2D eigenvalue weighted by Gasteiger charge is -2.04. The van der Waals surface area contributed by atoms with E-state index in [2.05, 4.69) is 30.9 Å². The minimum Gasteiger partial charge on any atom is -0.344 e. The summed E-state index contributed by atoms with van der Waals surface area (Å²) in [7, 11) is 0. The van der Waals surface area contributed by atoms with Crippen LogP contribution in [-0.2, 0) is 6.54 Å². The highest BCUT2D eigenvalue weighted by Crippen LogP contribution is 2.15. The molecule has 0 atom stereocenters. The molecular formula is C9H9ClN6O. The molecule has 17 heavy (non-hydrogen) atoms. The molecule has 0 radical (unpaired) electrons. The van der Waals surface area contributed by atoms with E-state index in [1.807, 2.05) is 0 Å². The number of pyridine rings is 1. The number of amides is 1. The van der Waals surface area contributed by atoms with Crippen LogP contribution in [0.5, 0.6) is 0 Å². The van der Waals surface area contributed by atoms with Crippen LogP contribution in [0.1, 0.15) is 21.9 Å². The number of tetrazole rings is 1. The van der Waals surface area contributed by atoms with Gasteiger partial charge in [0.25, 0.3) is 5.91 Å². The summed E-state index contributed by atoms with van der Waals surface area (Å²) < 4.78 is 0. The Balaban J connectivity index is 2.04. The van der Waals surface area contributed by atoms with Crippen LogP contribution in [0.4, 0.5) is 0 Å². The second-order valence-electron chi connectivity index (χ2n) is 3.32. The molecule has 0 unspecified atom stereocenters. The third-order valence-electron chi connectivity index (χ3n) is 2.03. The van der Waals surface area contributed by atoms with Gasteiger partial charge in [-0.3, -0.25) is 9.78 Å².